The maximum absolute atomic E-state index is 13.8. The van der Waals surface area contributed by atoms with Gasteiger partial charge in [-0.05, 0) is 77.0 Å². The van der Waals surface area contributed by atoms with Crippen LogP contribution in [0.3, 0.4) is 0 Å². The van der Waals surface area contributed by atoms with Gasteiger partial charge in [0, 0.05) is 30.1 Å². The summed E-state index contributed by atoms with van der Waals surface area (Å²) in [6.45, 7) is 4.82. The van der Waals surface area contributed by atoms with E-state index in [-0.39, 0.29) is 11.5 Å². The summed E-state index contributed by atoms with van der Waals surface area (Å²) >= 11 is 12.1. The summed E-state index contributed by atoms with van der Waals surface area (Å²) in [6, 6.07) is 18.3. The van der Waals surface area contributed by atoms with E-state index in [0.717, 1.165) is 31.0 Å². The molecule has 0 N–H and O–H groups in total. The maximum Gasteiger partial charge on any atom is 0.385 e. The van der Waals surface area contributed by atoms with Gasteiger partial charge in [0.2, 0.25) is 0 Å². The molecule has 0 radical (unpaired) electrons. The Morgan fingerprint density at radius 3 is 2.57 bits per heavy atom. The second-order valence-corrected chi connectivity index (χ2v) is 14.2. The molecule has 2 aliphatic heterocycles. The number of hydrogen-bond donors (Lipinski definition) is 0. The number of rotatable bonds is 3. The summed E-state index contributed by atoms with van der Waals surface area (Å²) < 4.78 is 6.07. The molecule has 2 aliphatic rings. The number of carbonyl (C=O) groups excluding carboxylic acids is 1. The highest BCUT2D eigenvalue weighted by Crippen LogP contribution is 2.49. The predicted molar refractivity (Wildman–Crippen MR) is 179 cm³/mol. The first-order valence-corrected chi connectivity index (χ1v) is 17.0. The Labute approximate surface area is 263 Å². The van der Waals surface area contributed by atoms with Crippen LogP contribution in [-0.2, 0) is 18.4 Å². The molecule has 5 aromatic rings. The first-order valence-electron chi connectivity index (χ1n) is 13.4. The number of amidine groups is 1. The Balaban J connectivity index is 1.38. The minimum Gasteiger partial charge on any atom is -0.337 e. The van der Waals surface area contributed by atoms with Crippen LogP contribution in [0.4, 0.5) is 10.8 Å². The molecule has 2 aromatic heterocycles. The molecule has 7 rings (SSSR count). The van der Waals surface area contributed by atoms with Gasteiger partial charge >= 0.3 is 5.13 Å². The lowest BCUT2D eigenvalue weighted by Gasteiger charge is -2.12. The third-order valence-corrected chi connectivity index (χ3v) is 12.6. The highest BCUT2D eigenvalue weighted by molar-refractivity contribution is 8.23. The standard InChI is InChI=1S/C30H25ClN5O2S4/c1-5-35-25(37)23(27-33(3)20-13-11-16-9-7-8-10-18(16)22(20)40-27)41-28(35)24-26(38)36(6-2)30(42-24)32-29-34(4)19-14-12-17(31)15-21(19)39-29/h7-15H,5-6H2,1-4H3/q+1/b27-23+,28-24-. The van der Waals surface area contributed by atoms with E-state index in [4.69, 9.17) is 16.6 Å². The topological polar surface area (TPSA) is 61.8 Å². The predicted octanol–water partition coefficient (Wildman–Crippen LogP) is 5.47. The van der Waals surface area contributed by atoms with Gasteiger partial charge in [0.15, 0.2) is 0 Å². The third kappa shape index (κ3) is 4.24. The Hall–Kier alpha value is -3.09. The van der Waals surface area contributed by atoms with Crippen molar-refractivity contribution in [2.75, 3.05) is 18.5 Å². The fourth-order valence-electron chi connectivity index (χ4n) is 5.27. The number of aromatic nitrogens is 2. The zero-order valence-electron chi connectivity index (χ0n) is 23.2. The van der Waals surface area contributed by atoms with Gasteiger partial charge in [0.05, 0.1) is 17.4 Å². The minimum absolute atomic E-state index is 0.0777. The van der Waals surface area contributed by atoms with E-state index < -0.39 is 0 Å². The molecule has 3 aromatic carbocycles. The van der Waals surface area contributed by atoms with E-state index in [1.165, 1.54) is 45.2 Å². The van der Waals surface area contributed by atoms with E-state index in [0.29, 0.717) is 37.4 Å². The van der Waals surface area contributed by atoms with Crippen molar-refractivity contribution >= 4 is 111 Å². The van der Waals surface area contributed by atoms with E-state index in [2.05, 4.69) is 29.2 Å². The highest BCUT2D eigenvalue weighted by Gasteiger charge is 2.39. The number of aryl methyl sites for hydroxylation is 1. The molecule has 0 atom stereocenters. The number of aliphatic imine (C=N–C) groups is 1. The largest absolute Gasteiger partial charge is 0.385 e. The van der Waals surface area contributed by atoms with Crippen LogP contribution in [0.2, 0.25) is 5.02 Å². The van der Waals surface area contributed by atoms with E-state index in [1.807, 2.05) is 62.8 Å². The second-order valence-electron chi connectivity index (χ2n) is 9.82. The lowest BCUT2D eigenvalue weighted by atomic mass is 10.1. The number of hydrogen-bond acceptors (Lipinski definition) is 8. The van der Waals surface area contributed by atoms with Crippen LogP contribution in [-0.4, -0.2) is 34.1 Å². The normalized spacial score (nSPS) is 18.8. The number of benzene rings is 3. The number of fused-ring (bicyclic) bond motifs is 4. The molecule has 12 heteroatoms. The van der Waals surface area contributed by atoms with Crippen molar-refractivity contribution in [2.45, 2.75) is 25.3 Å². The summed E-state index contributed by atoms with van der Waals surface area (Å²) in [6.07, 6.45) is 0. The molecule has 0 unspecified atom stereocenters. The summed E-state index contributed by atoms with van der Waals surface area (Å²) in [4.78, 5) is 38.0. The quantitative estimate of drug-likeness (QED) is 0.242. The Morgan fingerprint density at radius 2 is 1.79 bits per heavy atom. The lowest BCUT2D eigenvalue weighted by Crippen LogP contribution is -2.34. The molecule has 1 amide bonds. The molecule has 1 saturated heterocycles. The van der Waals surface area contributed by atoms with Gasteiger partial charge in [-0.15, -0.1) is 11.3 Å². The molecule has 4 heterocycles. The van der Waals surface area contributed by atoms with Crippen molar-refractivity contribution in [1.29, 1.82) is 0 Å². The van der Waals surface area contributed by atoms with Crippen LogP contribution >= 0.6 is 57.8 Å². The van der Waals surface area contributed by atoms with Crippen molar-refractivity contribution in [3.8, 4) is 0 Å². The Morgan fingerprint density at radius 1 is 0.976 bits per heavy atom. The van der Waals surface area contributed by atoms with Gasteiger partial charge < -0.3 is 4.90 Å². The number of nitrogens with zero attached hydrogens (tertiary/aromatic N) is 5. The fraction of sp³-hybridized carbons (Fsp3) is 0.200. The van der Waals surface area contributed by atoms with Crippen LogP contribution in [0.5, 0.6) is 0 Å². The number of thioether (sulfide) groups is 2. The van der Waals surface area contributed by atoms with Crippen LogP contribution in [0.15, 0.2) is 69.3 Å². The molecule has 0 spiro atoms. The Kier molecular flexibility index (Phi) is 6.98. The molecule has 0 bridgehead atoms. The van der Waals surface area contributed by atoms with Crippen molar-refractivity contribution in [1.82, 2.24) is 9.47 Å². The molecular weight excluding hydrogens is 626 g/mol. The molecular formula is C30H25ClN5O2S4+. The van der Waals surface area contributed by atoms with E-state index >= 15 is 0 Å². The molecule has 42 heavy (non-hydrogen) atoms. The zero-order chi connectivity index (χ0) is 29.3. The lowest BCUT2D eigenvalue weighted by molar-refractivity contribution is -0.627. The van der Waals surface area contributed by atoms with Crippen molar-refractivity contribution < 1.29 is 9.36 Å². The van der Waals surface area contributed by atoms with Gasteiger partial charge in [-0.25, -0.2) is 4.57 Å². The number of halogens is 1. The molecule has 1 fully saturated rings. The van der Waals surface area contributed by atoms with Gasteiger partial charge in [-0.3, -0.25) is 19.1 Å². The summed E-state index contributed by atoms with van der Waals surface area (Å²) in [5.74, 6) is -0.130. The summed E-state index contributed by atoms with van der Waals surface area (Å²) in [7, 11) is 3.96. The number of anilines is 1. The van der Waals surface area contributed by atoms with Crippen molar-refractivity contribution in [2.24, 2.45) is 12.0 Å². The minimum atomic E-state index is -0.130. The molecule has 0 saturated carbocycles. The Bertz CT molecular complexity index is 2180. The maximum atomic E-state index is 13.8. The molecule has 212 valence electrons. The summed E-state index contributed by atoms with van der Waals surface area (Å²) in [5, 5.41) is 5.27. The third-order valence-electron chi connectivity index (χ3n) is 7.45. The van der Waals surface area contributed by atoms with Crippen LogP contribution < -0.4 is 24.2 Å². The van der Waals surface area contributed by atoms with E-state index in [9.17, 15) is 9.59 Å². The smallest absolute Gasteiger partial charge is 0.337 e. The van der Waals surface area contributed by atoms with E-state index in [1.54, 1.807) is 21.2 Å². The van der Waals surface area contributed by atoms with Gasteiger partial charge in [0.1, 0.15) is 24.6 Å². The SMILES string of the molecule is CCN1C(=O)/C(=c2/s/c(=C3/Sc4c(ccc5ccccc45)N3C)c(=O)n2CC)SC1=Nc1sc2cc(Cl)ccc2[n+]1C. The van der Waals surface area contributed by atoms with Crippen molar-refractivity contribution in [3.05, 3.63) is 79.2 Å². The average Bonchev–Trinajstić information content (AvgIpc) is 3.69. The van der Waals surface area contributed by atoms with Crippen LogP contribution in [0.1, 0.15) is 13.8 Å². The van der Waals surface area contributed by atoms with Gasteiger partial charge in [-0.2, -0.15) is 0 Å². The fourth-order valence-corrected chi connectivity index (χ4v) is 10.5. The van der Waals surface area contributed by atoms with Crippen LogP contribution in [0.25, 0.3) is 30.9 Å². The first-order chi connectivity index (χ1) is 20.3. The first kappa shape index (κ1) is 27.7. The molecule has 0 aliphatic carbocycles. The van der Waals surface area contributed by atoms with Crippen molar-refractivity contribution in [3.63, 3.8) is 0 Å². The highest BCUT2D eigenvalue weighted by atomic mass is 35.5. The van der Waals surface area contributed by atoms with Gasteiger partial charge in [-0.1, -0.05) is 53.7 Å². The molecule has 7 nitrogen and oxygen atoms in total. The van der Waals surface area contributed by atoms with Gasteiger partial charge in [0.25, 0.3) is 16.6 Å². The number of thiazole rings is 2. The second kappa shape index (κ2) is 10.6. The average molecular weight is 651 g/mol. The number of amides is 1. The summed E-state index contributed by atoms with van der Waals surface area (Å²) in [5.41, 5.74) is 2.03. The number of carbonyl (C=O) groups is 1. The van der Waals surface area contributed by atoms with Crippen LogP contribution in [0, 0.1) is 0 Å². The monoisotopic (exact) mass is 650 g/mol. The zero-order valence-corrected chi connectivity index (χ0v) is 27.2.